The molecule has 0 bridgehead atoms. The predicted octanol–water partition coefficient (Wildman–Crippen LogP) is 4.60. The minimum atomic E-state index is -0.127. The van der Waals surface area contributed by atoms with Gasteiger partial charge in [0.15, 0.2) is 5.78 Å². The van der Waals surface area contributed by atoms with Gasteiger partial charge >= 0.3 is 0 Å². The Labute approximate surface area is 110 Å². The molecule has 0 aliphatic heterocycles. The smallest absolute Gasteiger partial charge is 0.163 e. The van der Waals surface area contributed by atoms with E-state index in [9.17, 15) is 4.79 Å². The predicted molar refractivity (Wildman–Crippen MR) is 79.8 cm³/mol. The summed E-state index contributed by atoms with van der Waals surface area (Å²) in [4.78, 5) is 11.7. The van der Waals surface area contributed by atoms with Crippen LogP contribution in [0.4, 0.5) is 0 Å². The Bertz CT molecular complexity index is 918. The summed E-state index contributed by atoms with van der Waals surface area (Å²) in [5.74, 6) is -0.127. The van der Waals surface area contributed by atoms with Gasteiger partial charge < -0.3 is 0 Å². The number of rotatable bonds is 1. The molecule has 1 radical (unpaired) electrons. The zero-order chi connectivity index (χ0) is 13.0. The third kappa shape index (κ3) is 1.33. The summed E-state index contributed by atoms with van der Waals surface area (Å²) in [6.45, 7) is 3.55. The van der Waals surface area contributed by atoms with Crippen molar-refractivity contribution in [3.63, 3.8) is 0 Å². The molecule has 0 spiro atoms. The summed E-state index contributed by atoms with van der Waals surface area (Å²) in [7, 11) is 0. The van der Waals surface area contributed by atoms with Crippen molar-refractivity contribution < 1.29 is 4.79 Å². The molecule has 1 heteroatoms. The number of ketones is 1. The van der Waals surface area contributed by atoms with Crippen LogP contribution in [0.25, 0.3) is 32.3 Å². The summed E-state index contributed by atoms with van der Waals surface area (Å²) in [6.07, 6.45) is 0. The second kappa shape index (κ2) is 3.55. The van der Waals surface area contributed by atoms with E-state index in [1.165, 1.54) is 26.9 Å². The molecule has 19 heavy (non-hydrogen) atoms. The van der Waals surface area contributed by atoms with Gasteiger partial charge in [-0.25, -0.2) is 0 Å². The molecule has 1 nitrogen and oxygen atoms in total. The van der Waals surface area contributed by atoms with Crippen molar-refractivity contribution >= 4 is 38.1 Å². The van der Waals surface area contributed by atoms with E-state index >= 15 is 0 Å². The molecule has 0 atom stereocenters. The van der Waals surface area contributed by atoms with Crippen molar-refractivity contribution in [3.05, 3.63) is 67.1 Å². The van der Waals surface area contributed by atoms with E-state index in [2.05, 4.69) is 43.3 Å². The van der Waals surface area contributed by atoms with Crippen LogP contribution in [0, 0.1) is 6.92 Å². The quantitative estimate of drug-likeness (QED) is 0.352. The minimum absolute atomic E-state index is 0.127. The van der Waals surface area contributed by atoms with Gasteiger partial charge in [-0.15, -0.1) is 0 Å². The normalized spacial score (nSPS) is 11.6. The zero-order valence-electron chi connectivity index (χ0n) is 10.3. The van der Waals surface area contributed by atoms with Gasteiger partial charge in [-0.1, -0.05) is 54.6 Å². The van der Waals surface area contributed by atoms with Crippen molar-refractivity contribution in [2.45, 2.75) is 0 Å². The van der Waals surface area contributed by atoms with Crippen molar-refractivity contribution in [1.82, 2.24) is 0 Å². The number of hydrogen-bond donors (Lipinski definition) is 0. The molecule has 0 aromatic heterocycles. The average Bonchev–Trinajstić information content (AvgIpc) is 2.44. The number of benzene rings is 4. The first-order valence-corrected chi connectivity index (χ1v) is 6.28. The first kappa shape index (κ1) is 10.5. The summed E-state index contributed by atoms with van der Waals surface area (Å²) in [5.41, 5.74) is 0.700. The van der Waals surface area contributed by atoms with Crippen LogP contribution in [0.3, 0.4) is 0 Å². The minimum Gasteiger partial charge on any atom is -0.294 e. The number of hydrogen-bond acceptors (Lipinski definition) is 1. The highest BCUT2D eigenvalue weighted by molar-refractivity contribution is 6.26. The maximum absolute atomic E-state index is 11.7. The van der Waals surface area contributed by atoms with Crippen molar-refractivity contribution in [2.75, 3.05) is 0 Å². The molecular formula is C18H11O. The van der Waals surface area contributed by atoms with Gasteiger partial charge in [-0.3, -0.25) is 4.79 Å². The maximum Gasteiger partial charge on any atom is 0.163 e. The molecule has 0 saturated carbocycles. The molecule has 4 aromatic carbocycles. The summed E-state index contributed by atoms with van der Waals surface area (Å²) >= 11 is 0. The molecule has 4 rings (SSSR count). The van der Waals surface area contributed by atoms with E-state index in [0.717, 1.165) is 5.39 Å². The summed E-state index contributed by atoms with van der Waals surface area (Å²) in [5, 5.41) is 7.00. The highest BCUT2D eigenvalue weighted by Crippen LogP contribution is 2.35. The van der Waals surface area contributed by atoms with Crippen LogP contribution in [-0.4, -0.2) is 5.78 Å². The second-order valence-corrected chi connectivity index (χ2v) is 4.89. The largest absolute Gasteiger partial charge is 0.294 e. The Morgan fingerprint density at radius 2 is 1.32 bits per heavy atom. The first-order valence-electron chi connectivity index (χ1n) is 6.28. The van der Waals surface area contributed by atoms with Crippen molar-refractivity contribution in [2.24, 2.45) is 0 Å². The molecule has 0 N–H and O–H groups in total. The van der Waals surface area contributed by atoms with Crippen LogP contribution >= 0.6 is 0 Å². The molecule has 0 aliphatic carbocycles. The van der Waals surface area contributed by atoms with Gasteiger partial charge in [-0.2, -0.15) is 0 Å². The van der Waals surface area contributed by atoms with E-state index in [-0.39, 0.29) is 5.78 Å². The molecule has 0 aliphatic rings. The lowest BCUT2D eigenvalue weighted by Crippen LogP contribution is -1.95. The Kier molecular flexibility index (Phi) is 1.96. The highest BCUT2D eigenvalue weighted by atomic mass is 16.1. The Morgan fingerprint density at radius 1 is 0.737 bits per heavy atom. The molecule has 0 fully saturated rings. The number of carbonyl (C=O) groups is 1. The van der Waals surface area contributed by atoms with Gasteiger partial charge in [0.05, 0.1) is 0 Å². The van der Waals surface area contributed by atoms with Gasteiger partial charge in [0.25, 0.3) is 0 Å². The average molecular weight is 243 g/mol. The molecule has 0 saturated heterocycles. The van der Waals surface area contributed by atoms with E-state index in [1.54, 1.807) is 0 Å². The zero-order valence-corrected chi connectivity index (χ0v) is 10.3. The number of Topliss-reactive ketones (excluding diaryl/α,β-unsaturated/α-hetero) is 1. The van der Waals surface area contributed by atoms with Gasteiger partial charge in [0.1, 0.15) is 0 Å². The van der Waals surface area contributed by atoms with Crippen LogP contribution < -0.4 is 0 Å². The molecule has 0 amide bonds. The lowest BCUT2D eigenvalue weighted by atomic mass is 9.91. The fourth-order valence-electron chi connectivity index (χ4n) is 2.98. The van der Waals surface area contributed by atoms with E-state index in [0.29, 0.717) is 5.56 Å². The molecule has 4 aromatic rings. The van der Waals surface area contributed by atoms with Gasteiger partial charge in [0, 0.05) is 12.5 Å². The summed E-state index contributed by atoms with van der Waals surface area (Å²) in [6, 6.07) is 18.5. The van der Waals surface area contributed by atoms with Crippen LogP contribution in [0.15, 0.2) is 54.6 Å². The molecular weight excluding hydrogens is 232 g/mol. The second-order valence-electron chi connectivity index (χ2n) is 4.89. The van der Waals surface area contributed by atoms with Crippen molar-refractivity contribution in [1.29, 1.82) is 0 Å². The fourth-order valence-corrected chi connectivity index (χ4v) is 2.98. The standard InChI is InChI=1S/C18H11O/c1-11(19)15-9-7-14-6-5-12-3-2-4-13-8-10-16(15)18(14)17(12)13/h2-10H,1H2. The fraction of sp³-hybridized carbons (Fsp3) is 0. The Balaban J connectivity index is 2.38. The van der Waals surface area contributed by atoms with Crippen LogP contribution in [-0.2, 0) is 0 Å². The molecule has 89 valence electrons. The SMILES string of the molecule is [CH2]C(=O)c1ccc2ccc3cccc4ccc1c2c34. The van der Waals surface area contributed by atoms with Gasteiger partial charge in [0.2, 0.25) is 0 Å². The third-order valence-corrected chi connectivity index (χ3v) is 3.83. The third-order valence-electron chi connectivity index (χ3n) is 3.83. The lowest BCUT2D eigenvalue weighted by Gasteiger charge is -2.12. The van der Waals surface area contributed by atoms with E-state index in [4.69, 9.17) is 0 Å². The van der Waals surface area contributed by atoms with E-state index in [1.807, 2.05) is 18.2 Å². The number of carbonyl (C=O) groups excluding carboxylic acids is 1. The lowest BCUT2D eigenvalue weighted by molar-refractivity contribution is 0.104. The Morgan fingerprint density at radius 3 is 2.00 bits per heavy atom. The van der Waals surface area contributed by atoms with Gasteiger partial charge in [-0.05, 0) is 32.3 Å². The first-order chi connectivity index (χ1) is 9.25. The monoisotopic (exact) mass is 243 g/mol. The molecule has 0 heterocycles. The van der Waals surface area contributed by atoms with Crippen LogP contribution in [0.5, 0.6) is 0 Å². The molecule has 0 unspecified atom stereocenters. The van der Waals surface area contributed by atoms with Crippen LogP contribution in [0.2, 0.25) is 0 Å². The Hall–Kier alpha value is -2.41. The van der Waals surface area contributed by atoms with E-state index < -0.39 is 0 Å². The highest BCUT2D eigenvalue weighted by Gasteiger charge is 2.12. The maximum atomic E-state index is 11.7. The van der Waals surface area contributed by atoms with Crippen molar-refractivity contribution in [3.8, 4) is 0 Å². The van der Waals surface area contributed by atoms with Crippen LogP contribution in [0.1, 0.15) is 10.4 Å². The topological polar surface area (TPSA) is 17.1 Å². The summed E-state index contributed by atoms with van der Waals surface area (Å²) < 4.78 is 0.